The molecule has 0 radical (unpaired) electrons. The fourth-order valence-corrected chi connectivity index (χ4v) is 0.687. The predicted octanol–water partition coefficient (Wildman–Crippen LogP) is 2.20. The molecule has 0 atom stereocenters. The minimum absolute atomic E-state index is 0.00296. The van der Waals surface area contributed by atoms with Crippen LogP contribution in [0, 0.1) is 5.95 Å². The second-order valence-electron chi connectivity index (χ2n) is 1.39. The van der Waals surface area contributed by atoms with E-state index in [0.29, 0.717) is 0 Å². The van der Waals surface area contributed by atoms with Crippen LogP contribution in [0.5, 0.6) is 0 Å². The lowest BCUT2D eigenvalue weighted by Crippen LogP contribution is -1.78. The highest BCUT2D eigenvalue weighted by molar-refractivity contribution is 7.94. The molecular formula is C5H3F2NS. The second kappa shape index (κ2) is 2.77. The first kappa shape index (κ1) is 6.48. The molecule has 0 saturated heterocycles. The van der Waals surface area contributed by atoms with Gasteiger partial charge in [0.1, 0.15) is 0 Å². The summed E-state index contributed by atoms with van der Waals surface area (Å²) in [4.78, 5) is 3.48. The van der Waals surface area contributed by atoms with E-state index in [-0.39, 0.29) is 17.0 Å². The monoisotopic (exact) mass is 147 g/mol. The molecule has 0 aliphatic rings. The number of pyridine rings is 1. The first-order chi connectivity index (χ1) is 4.33. The van der Waals surface area contributed by atoms with Crippen molar-refractivity contribution in [3.8, 4) is 0 Å². The van der Waals surface area contributed by atoms with E-state index in [9.17, 15) is 8.28 Å². The molecule has 48 valence electrons. The van der Waals surface area contributed by atoms with Crippen molar-refractivity contribution in [1.29, 1.82) is 0 Å². The van der Waals surface area contributed by atoms with E-state index in [1.54, 1.807) is 0 Å². The van der Waals surface area contributed by atoms with Crippen LogP contribution in [0.4, 0.5) is 8.28 Å². The third kappa shape index (κ3) is 1.64. The van der Waals surface area contributed by atoms with Crippen LogP contribution < -0.4 is 0 Å². The lowest BCUT2D eigenvalue weighted by atomic mass is 10.5. The molecule has 1 aromatic rings. The molecule has 0 aliphatic heterocycles. The molecule has 0 spiro atoms. The summed E-state index contributed by atoms with van der Waals surface area (Å²) in [7, 11) is 0. The van der Waals surface area contributed by atoms with Gasteiger partial charge in [0.2, 0.25) is 5.95 Å². The maximum atomic E-state index is 12.1. The Kier molecular flexibility index (Phi) is 2.00. The summed E-state index contributed by atoms with van der Waals surface area (Å²) in [5, 5.41) is 0. The van der Waals surface area contributed by atoms with Crippen molar-refractivity contribution in [3.63, 3.8) is 0 Å². The third-order valence-electron chi connectivity index (χ3n) is 0.787. The van der Waals surface area contributed by atoms with Crippen molar-refractivity contribution >= 4 is 12.1 Å². The minimum Gasteiger partial charge on any atom is -0.228 e. The van der Waals surface area contributed by atoms with Crippen molar-refractivity contribution < 1.29 is 8.28 Å². The van der Waals surface area contributed by atoms with Gasteiger partial charge in [-0.25, -0.2) is 4.98 Å². The van der Waals surface area contributed by atoms with Crippen molar-refractivity contribution in [3.05, 3.63) is 24.3 Å². The van der Waals surface area contributed by atoms with Crippen LogP contribution in [0.2, 0.25) is 0 Å². The van der Waals surface area contributed by atoms with Crippen LogP contribution in [0.15, 0.2) is 23.2 Å². The smallest absolute Gasteiger partial charge is 0.214 e. The number of rotatable bonds is 1. The molecule has 0 unspecified atom stereocenters. The Bertz CT molecular complexity index is 204. The van der Waals surface area contributed by atoms with Crippen LogP contribution in [-0.2, 0) is 0 Å². The van der Waals surface area contributed by atoms with Gasteiger partial charge in [0.15, 0.2) is 0 Å². The molecule has 1 aromatic heterocycles. The summed E-state index contributed by atoms with van der Waals surface area (Å²) in [5.74, 6) is -0.655. The van der Waals surface area contributed by atoms with E-state index in [1.165, 1.54) is 12.3 Å². The molecule has 0 fully saturated rings. The first-order valence-corrected chi connectivity index (χ1v) is 2.95. The van der Waals surface area contributed by atoms with Gasteiger partial charge < -0.3 is 0 Å². The molecular weight excluding hydrogens is 144 g/mol. The number of hydrogen-bond donors (Lipinski definition) is 0. The summed E-state index contributed by atoms with van der Waals surface area (Å²) in [6.45, 7) is 0. The predicted molar refractivity (Wildman–Crippen MR) is 31.2 cm³/mol. The Labute approximate surface area is 55.4 Å². The number of halogens is 2. The summed E-state index contributed by atoms with van der Waals surface area (Å²) in [5.41, 5.74) is 0. The SMILES string of the molecule is FSc1ccnc(F)c1. The molecule has 9 heavy (non-hydrogen) atoms. The molecule has 0 saturated carbocycles. The Morgan fingerprint density at radius 1 is 1.56 bits per heavy atom. The first-order valence-electron chi connectivity index (χ1n) is 2.23. The second-order valence-corrected chi connectivity index (χ2v) is 2.02. The molecule has 4 heteroatoms. The zero-order valence-corrected chi connectivity index (χ0v) is 5.16. The average Bonchev–Trinajstić information content (AvgIpc) is 1.88. The van der Waals surface area contributed by atoms with E-state index < -0.39 is 5.95 Å². The summed E-state index contributed by atoms with van der Waals surface area (Å²) in [6, 6.07) is 2.43. The Morgan fingerprint density at radius 3 is 2.78 bits per heavy atom. The summed E-state index contributed by atoms with van der Waals surface area (Å²) in [6.07, 6.45) is 1.22. The van der Waals surface area contributed by atoms with Gasteiger partial charge in [0.05, 0.1) is 12.1 Å². The van der Waals surface area contributed by atoms with Crippen molar-refractivity contribution in [2.75, 3.05) is 0 Å². The normalized spacial score (nSPS) is 9.56. The van der Waals surface area contributed by atoms with Gasteiger partial charge in [-0.15, -0.1) is 0 Å². The quantitative estimate of drug-likeness (QED) is 0.565. The number of aromatic nitrogens is 1. The molecule has 0 aliphatic carbocycles. The molecule has 0 bridgehead atoms. The minimum atomic E-state index is -0.655. The average molecular weight is 147 g/mol. The van der Waals surface area contributed by atoms with Crippen molar-refractivity contribution in [1.82, 2.24) is 4.98 Å². The Hall–Kier alpha value is -0.640. The lowest BCUT2D eigenvalue weighted by Gasteiger charge is -1.88. The van der Waals surface area contributed by atoms with E-state index >= 15 is 0 Å². The van der Waals surface area contributed by atoms with Gasteiger partial charge in [0, 0.05) is 17.2 Å². The van der Waals surface area contributed by atoms with Gasteiger partial charge in [-0.3, -0.25) is 0 Å². The third-order valence-corrected chi connectivity index (χ3v) is 1.22. The van der Waals surface area contributed by atoms with Crippen molar-refractivity contribution in [2.45, 2.75) is 4.90 Å². The van der Waals surface area contributed by atoms with E-state index in [1.807, 2.05) is 0 Å². The topological polar surface area (TPSA) is 12.9 Å². The standard InChI is InChI=1S/C5H3F2NS/c6-5-3-4(9-7)1-2-8-5/h1-3H. The summed E-state index contributed by atoms with van der Waals surface area (Å²) >= 11 is 0.00296. The number of hydrogen-bond acceptors (Lipinski definition) is 2. The van der Waals surface area contributed by atoms with Crippen LogP contribution in [-0.4, -0.2) is 4.98 Å². The van der Waals surface area contributed by atoms with Gasteiger partial charge in [-0.2, -0.15) is 8.28 Å². The maximum Gasteiger partial charge on any atom is 0.214 e. The van der Waals surface area contributed by atoms with Crippen LogP contribution >= 0.6 is 12.1 Å². The van der Waals surface area contributed by atoms with Gasteiger partial charge in [0.25, 0.3) is 0 Å². The molecule has 1 heterocycles. The summed E-state index contributed by atoms with van der Waals surface area (Å²) < 4.78 is 23.7. The van der Waals surface area contributed by atoms with Gasteiger partial charge in [-0.1, -0.05) is 0 Å². The lowest BCUT2D eigenvalue weighted by molar-refractivity contribution is 0.579. The number of nitrogens with zero attached hydrogens (tertiary/aromatic N) is 1. The largest absolute Gasteiger partial charge is 0.228 e. The van der Waals surface area contributed by atoms with E-state index in [0.717, 1.165) is 6.07 Å². The molecule has 0 aromatic carbocycles. The Balaban J connectivity index is 2.94. The highest BCUT2D eigenvalue weighted by atomic mass is 32.2. The maximum absolute atomic E-state index is 12.1. The molecule has 0 N–H and O–H groups in total. The van der Waals surface area contributed by atoms with E-state index in [4.69, 9.17) is 0 Å². The van der Waals surface area contributed by atoms with Crippen molar-refractivity contribution in [2.24, 2.45) is 0 Å². The highest BCUT2D eigenvalue weighted by Gasteiger charge is 1.93. The van der Waals surface area contributed by atoms with Gasteiger partial charge >= 0.3 is 0 Å². The van der Waals surface area contributed by atoms with Gasteiger partial charge in [-0.05, 0) is 6.07 Å². The van der Waals surface area contributed by atoms with Crippen LogP contribution in [0.3, 0.4) is 0 Å². The Morgan fingerprint density at radius 2 is 2.33 bits per heavy atom. The van der Waals surface area contributed by atoms with Crippen LogP contribution in [0.25, 0.3) is 0 Å². The zero-order valence-electron chi connectivity index (χ0n) is 4.34. The fourth-order valence-electron chi connectivity index (χ4n) is 0.433. The zero-order chi connectivity index (χ0) is 6.69. The fraction of sp³-hybridized carbons (Fsp3) is 0. The van der Waals surface area contributed by atoms with Crippen LogP contribution in [0.1, 0.15) is 0 Å². The molecule has 1 nitrogen and oxygen atoms in total. The highest BCUT2D eigenvalue weighted by Crippen LogP contribution is 2.17. The molecule has 1 rings (SSSR count). The molecule has 0 amide bonds. The van der Waals surface area contributed by atoms with E-state index in [2.05, 4.69) is 4.98 Å².